The Labute approximate surface area is 189 Å². The van der Waals surface area contributed by atoms with E-state index in [9.17, 15) is 22.8 Å². The number of carbonyl (C=O) groups excluding carboxylic acids is 2. The lowest BCUT2D eigenvalue weighted by Crippen LogP contribution is -2.20. The van der Waals surface area contributed by atoms with Crippen LogP contribution < -0.4 is 15.4 Å². The van der Waals surface area contributed by atoms with Crippen molar-refractivity contribution >= 4 is 23.2 Å². The van der Waals surface area contributed by atoms with Crippen molar-refractivity contribution in [1.29, 1.82) is 0 Å². The zero-order valence-corrected chi connectivity index (χ0v) is 17.9. The van der Waals surface area contributed by atoms with Crippen molar-refractivity contribution in [3.8, 4) is 11.5 Å². The molecule has 0 aliphatic carbocycles. The smallest absolute Gasteiger partial charge is 0.416 e. The third-order valence-electron chi connectivity index (χ3n) is 4.66. The predicted molar refractivity (Wildman–Crippen MR) is 120 cm³/mol. The topological polar surface area (TPSA) is 67.4 Å². The van der Waals surface area contributed by atoms with E-state index in [1.165, 1.54) is 12.1 Å². The van der Waals surface area contributed by atoms with E-state index in [-0.39, 0.29) is 30.4 Å². The number of para-hydroxylation sites is 1. The molecule has 33 heavy (non-hydrogen) atoms. The van der Waals surface area contributed by atoms with Gasteiger partial charge in [0, 0.05) is 24.2 Å². The van der Waals surface area contributed by atoms with E-state index < -0.39 is 17.6 Å². The maximum absolute atomic E-state index is 12.8. The van der Waals surface area contributed by atoms with Crippen molar-refractivity contribution in [3.05, 3.63) is 84.4 Å². The molecule has 0 unspecified atom stereocenters. The Morgan fingerprint density at radius 2 is 1.36 bits per heavy atom. The summed E-state index contributed by atoms with van der Waals surface area (Å²) in [6, 6.07) is 20.6. The zero-order chi connectivity index (χ0) is 23.8. The molecule has 0 heterocycles. The number of ether oxygens (including phenoxy) is 1. The van der Waals surface area contributed by atoms with E-state index in [1.54, 1.807) is 31.2 Å². The molecule has 2 amide bonds. The van der Waals surface area contributed by atoms with Crippen LogP contribution in [0, 0.1) is 5.92 Å². The number of amides is 2. The SMILES string of the molecule is C[C@@H](CC(=O)Nc1ccc(Oc2ccccc2)cc1)CC(=O)Nc1cccc(C(F)(F)F)c1. The van der Waals surface area contributed by atoms with Gasteiger partial charge in [-0.3, -0.25) is 9.59 Å². The summed E-state index contributed by atoms with van der Waals surface area (Å²) in [5, 5.41) is 5.21. The van der Waals surface area contributed by atoms with E-state index in [0.717, 1.165) is 12.1 Å². The van der Waals surface area contributed by atoms with Crippen LogP contribution in [0.2, 0.25) is 0 Å². The van der Waals surface area contributed by atoms with Gasteiger partial charge in [0.2, 0.25) is 11.8 Å². The van der Waals surface area contributed by atoms with Crippen LogP contribution in [0.5, 0.6) is 11.5 Å². The summed E-state index contributed by atoms with van der Waals surface area (Å²) in [6.45, 7) is 1.72. The van der Waals surface area contributed by atoms with Gasteiger partial charge in [0.1, 0.15) is 11.5 Å². The van der Waals surface area contributed by atoms with Crippen LogP contribution >= 0.6 is 0 Å². The van der Waals surface area contributed by atoms with Gasteiger partial charge in [-0.25, -0.2) is 0 Å². The second-order valence-electron chi connectivity index (χ2n) is 7.63. The first-order valence-corrected chi connectivity index (χ1v) is 10.3. The second kappa shape index (κ2) is 10.7. The molecule has 0 saturated heterocycles. The molecular formula is C25H23F3N2O3. The fourth-order valence-corrected chi connectivity index (χ4v) is 3.13. The molecule has 172 valence electrons. The standard InChI is InChI=1S/C25H23F3N2O3/c1-17(15-24(32)30-20-7-5-6-18(16-20)25(26,27)28)14-23(31)29-19-10-12-22(13-11-19)33-21-8-3-2-4-9-21/h2-13,16-17H,14-15H2,1H3,(H,29,31)(H,30,32)/t17-/m0/s1. The summed E-state index contributed by atoms with van der Waals surface area (Å²) in [7, 11) is 0. The average molecular weight is 456 g/mol. The third kappa shape index (κ3) is 7.68. The molecule has 0 aliphatic heterocycles. The largest absolute Gasteiger partial charge is 0.457 e. The normalized spacial score (nSPS) is 12.0. The Balaban J connectivity index is 1.46. The minimum absolute atomic E-state index is 0.00643. The van der Waals surface area contributed by atoms with Gasteiger partial charge in [-0.2, -0.15) is 13.2 Å². The monoisotopic (exact) mass is 456 g/mol. The molecule has 3 aromatic rings. The molecule has 8 heteroatoms. The number of nitrogens with one attached hydrogen (secondary N) is 2. The molecule has 2 N–H and O–H groups in total. The molecule has 3 rings (SSSR count). The van der Waals surface area contributed by atoms with Crippen molar-refractivity contribution < 1.29 is 27.5 Å². The molecule has 0 fully saturated rings. The molecule has 0 spiro atoms. The third-order valence-corrected chi connectivity index (χ3v) is 4.66. The minimum atomic E-state index is -4.49. The van der Waals surface area contributed by atoms with Crippen LogP contribution in [0.15, 0.2) is 78.9 Å². The summed E-state index contributed by atoms with van der Waals surface area (Å²) in [6.07, 6.45) is -4.41. The van der Waals surface area contributed by atoms with Crippen LogP contribution in [0.3, 0.4) is 0 Å². The fraction of sp³-hybridized carbons (Fsp3) is 0.200. The van der Waals surface area contributed by atoms with Gasteiger partial charge in [0.15, 0.2) is 0 Å². The second-order valence-corrected chi connectivity index (χ2v) is 7.63. The summed E-state index contributed by atoms with van der Waals surface area (Å²) in [4.78, 5) is 24.5. The van der Waals surface area contributed by atoms with Gasteiger partial charge >= 0.3 is 6.18 Å². The fourth-order valence-electron chi connectivity index (χ4n) is 3.13. The summed E-state index contributed by atoms with van der Waals surface area (Å²) in [5.74, 6) is 0.282. The van der Waals surface area contributed by atoms with Crippen molar-refractivity contribution in [2.45, 2.75) is 25.9 Å². The van der Waals surface area contributed by atoms with Gasteiger partial charge in [-0.1, -0.05) is 31.2 Å². The van der Waals surface area contributed by atoms with Crippen molar-refractivity contribution in [3.63, 3.8) is 0 Å². The van der Waals surface area contributed by atoms with Gasteiger partial charge in [-0.15, -0.1) is 0 Å². The number of hydrogen-bond acceptors (Lipinski definition) is 3. The highest BCUT2D eigenvalue weighted by atomic mass is 19.4. The predicted octanol–water partition coefficient (Wildman–Crippen LogP) is 6.49. The number of anilines is 2. The van der Waals surface area contributed by atoms with Crippen LogP contribution in [0.25, 0.3) is 0 Å². The number of hydrogen-bond donors (Lipinski definition) is 2. The number of carbonyl (C=O) groups is 2. The Morgan fingerprint density at radius 1 is 0.788 bits per heavy atom. The first-order valence-electron chi connectivity index (χ1n) is 10.3. The Morgan fingerprint density at radius 3 is 1.97 bits per heavy atom. The van der Waals surface area contributed by atoms with Crippen LogP contribution in [0.1, 0.15) is 25.3 Å². The highest BCUT2D eigenvalue weighted by Gasteiger charge is 2.30. The Hall–Kier alpha value is -3.81. The maximum Gasteiger partial charge on any atom is 0.416 e. The van der Waals surface area contributed by atoms with Crippen molar-refractivity contribution in [2.24, 2.45) is 5.92 Å². The number of rotatable bonds is 8. The molecule has 0 aliphatic rings. The van der Waals surface area contributed by atoms with Gasteiger partial charge < -0.3 is 15.4 Å². The molecule has 0 aromatic heterocycles. The van der Waals surface area contributed by atoms with E-state index in [0.29, 0.717) is 17.2 Å². The summed E-state index contributed by atoms with van der Waals surface area (Å²) >= 11 is 0. The molecular weight excluding hydrogens is 433 g/mol. The molecule has 1 atom stereocenters. The Kier molecular flexibility index (Phi) is 7.71. The average Bonchev–Trinajstić information content (AvgIpc) is 2.75. The van der Waals surface area contributed by atoms with Gasteiger partial charge in [-0.05, 0) is 60.5 Å². The van der Waals surface area contributed by atoms with Crippen LogP contribution in [-0.4, -0.2) is 11.8 Å². The summed E-state index contributed by atoms with van der Waals surface area (Å²) < 4.78 is 44.1. The quantitative estimate of drug-likeness (QED) is 0.407. The maximum atomic E-state index is 12.8. The van der Waals surface area contributed by atoms with Crippen molar-refractivity contribution in [2.75, 3.05) is 10.6 Å². The number of alkyl halides is 3. The molecule has 3 aromatic carbocycles. The lowest BCUT2D eigenvalue weighted by molar-refractivity contribution is -0.137. The van der Waals surface area contributed by atoms with E-state index >= 15 is 0 Å². The van der Waals surface area contributed by atoms with E-state index in [1.807, 2.05) is 30.3 Å². The van der Waals surface area contributed by atoms with E-state index in [2.05, 4.69) is 10.6 Å². The first-order chi connectivity index (χ1) is 15.7. The molecule has 0 radical (unpaired) electrons. The van der Waals surface area contributed by atoms with Crippen molar-refractivity contribution in [1.82, 2.24) is 0 Å². The van der Waals surface area contributed by atoms with Gasteiger partial charge in [0.05, 0.1) is 5.56 Å². The Bertz CT molecular complexity index is 1080. The number of halogens is 3. The highest BCUT2D eigenvalue weighted by molar-refractivity contribution is 5.93. The van der Waals surface area contributed by atoms with Crippen LogP contribution in [-0.2, 0) is 15.8 Å². The summed E-state index contributed by atoms with van der Waals surface area (Å²) in [5.41, 5.74) is -0.196. The zero-order valence-electron chi connectivity index (χ0n) is 17.9. The molecule has 5 nitrogen and oxygen atoms in total. The molecule has 0 bridgehead atoms. The minimum Gasteiger partial charge on any atom is -0.457 e. The number of benzene rings is 3. The lowest BCUT2D eigenvalue weighted by Gasteiger charge is -2.13. The van der Waals surface area contributed by atoms with Crippen LogP contribution in [0.4, 0.5) is 24.5 Å². The van der Waals surface area contributed by atoms with E-state index in [4.69, 9.17) is 4.74 Å². The molecule has 0 saturated carbocycles. The van der Waals surface area contributed by atoms with Gasteiger partial charge in [0.25, 0.3) is 0 Å². The highest BCUT2D eigenvalue weighted by Crippen LogP contribution is 2.30. The first kappa shape index (κ1) is 23.8. The lowest BCUT2D eigenvalue weighted by atomic mass is 10.0.